The number of benzene rings is 1. The Balaban J connectivity index is 2.87. The van der Waals surface area contributed by atoms with Crippen molar-refractivity contribution in [3.63, 3.8) is 0 Å². The summed E-state index contributed by atoms with van der Waals surface area (Å²) in [6, 6.07) is 4.25. The largest absolute Gasteiger partial charge is 0.478 e. The maximum atomic E-state index is 11.2. The van der Waals surface area contributed by atoms with Gasteiger partial charge in [-0.2, -0.15) is 0 Å². The number of carboxylic acids is 1. The van der Waals surface area contributed by atoms with Crippen LogP contribution in [0.25, 0.3) is 0 Å². The Kier molecular flexibility index (Phi) is 4.58. The molecule has 0 aliphatic rings. The molecular weight excluding hydrogens is 253 g/mol. The summed E-state index contributed by atoms with van der Waals surface area (Å²) < 4.78 is 0. The van der Waals surface area contributed by atoms with Gasteiger partial charge in [-0.25, -0.2) is 4.79 Å². The second-order valence-electron chi connectivity index (χ2n) is 2.99. The molecule has 1 aromatic rings. The molecule has 1 aromatic carbocycles. The first-order valence-electron chi connectivity index (χ1n) is 4.43. The van der Waals surface area contributed by atoms with Crippen molar-refractivity contribution < 1.29 is 14.7 Å². The second kappa shape index (κ2) is 5.72. The molecule has 0 unspecified atom stereocenters. The maximum absolute atomic E-state index is 11.2. The Morgan fingerprint density at radius 2 is 2.06 bits per heavy atom. The molecule has 4 nitrogen and oxygen atoms in total. The first-order valence-corrected chi connectivity index (χ1v) is 5.34. The van der Waals surface area contributed by atoms with E-state index < -0.39 is 5.97 Å². The number of hydrogen-bond acceptors (Lipinski definition) is 2. The summed E-state index contributed by atoms with van der Waals surface area (Å²) in [6.07, 6.45) is 0.173. The average molecular weight is 262 g/mol. The highest BCUT2D eigenvalue weighted by Gasteiger charge is 2.10. The molecule has 0 heterocycles. The topological polar surface area (TPSA) is 66.4 Å². The minimum Gasteiger partial charge on any atom is -0.478 e. The molecule has 6 heteroatoms. The molecule has 0 saturated carbocycles. The van der Waals surface area contributed by atoms with Crippen LogP contribution in [0.4, 0.5) is 5.69 Å². The lowest BCUT2D eigenvalue weighted by Crippen LogP contribution is -2.12. The zero-order valence-electron chi connectivity index (χ0n) is 8.17. The van der Waals surface area contributed by atoms with Gasteiger partial charge in [-0.05, 0) is 18.2 Å². The smallest absolute Gasteiger partial charge is 0.337 e. The van der Waals surface area contributed by atoms with Crippen molar-refractivity contribution in [3.05, 3.63) is 28.8 Å². The normalized spacial score (nSPS) is 9.88. The Morgan fingerprint density at radius 3 is 2.62 bits per heavy atom. The number of amides is 1. The monoisotopic (exact) mass is 261 g/mol. The first-order chi connectivity index (χ1) is 7.54. The van der Waals surface area contributed by atoms with Crippen LogP contribution in [0.1, 0.15) is 16.8 Å². The van der Waals surface area contributed by atoms with Gasteiger partial charge in [0.05, 0.1) is 10.6 Å². The van der Waals surface area contributed by atoms with Crippen molar-refractivity contribution in [1.29, 1.82) is 0 Å². The number of alkyl halides is 1. The number of hydrogen-bond donors (Lipinski definition) is 2. The van der Waals surface area contributed by atoms with Crippen molar-refractivity contribution >= 4 is 40.8 Å². The van der Waals surface area contributed by atoms with Crippen molar-refractivity contribution in [2.24, 2.45) is 0 Å². The van der Waals surface area contributed by atoms with Gasteiger partial charge in [-0.15, -0.1) is 11.6 Å². The summed E-state index contributed by atoms with van der Waals surface area (Å²) >= 11 is 11.1. The summed E-state index contributed by atoms with van der Waals surface area (Å²) in [5.41, 5.74) is 0.335. The van der Waals surface area contributed by atoms with E-state index >= 15 is 0 Å². The van der Waals surface area contributed by atoms with Crippen LogP contribution in [-0.2, 0) is 4.79 Å². The van der Waals surface area contributed by atoms with Gasteiger partial charge in [0.2, 0.25) is 5.91 Å². The highest BCUT2D eigenvalue weighted by atomic mass is 35.5. The van der Waals surface area contributed by atoms with E-state index in [1.807, 2.05) is 0 Å². The van der Waals surface area contributed by atoms with E-state index in [1.165, 1.54) is 18.2 Å². The van der Waals surface area contributed by atoms with E-state index in [4.69, 9.17) is 28.3 Å². The Labute approximate surface area is 102 Å². The zero-order chi connectivity index (χ0) is 12.1. The number of anilines is 1. The minimum absolute atomic E-state index is 0.0506. The molecule has 0 aliphatic carbocycles. The standard InChI is InChI=1S/C10H9Cl2NO3/c11-4-3-9(14)13-6-1-2-8(12)7(5-6)10(15)16/h1-2,5H,3-4H2,(H,13,14)(H,15,16). The van der Waals surface area contributed by atoms with Crippen molar-refractivity contribution in [2.45, 2.75) is 6.42 Å². The lowest BCUT2D eigenvalue weighted by Gasteiger charge is -2.06. The third kappa shape index (κ3) is 3.40. The number of nitrogens with one attached hydrogen (secondary N) is 1. The predicted molar refractivity (Wildman–Crippen MR) is 62.4 cm³/mol. The van der Waals surface area contributed by atoms with E-state index in [0.717, 1.165) is 0 Å². The van der Waals surface area contributed by atoms with Crippen LogP contribution in [0.5, 0.6) is 0 Å². The Morgan fingerprint density at radius 1 is 1.38 bits per heavy atom. The molecule has 1 amide bonds. The van der Waals surface area contributed by atoms with Gasteiger partial charge in [-0.3, -0.25) is 4.79 Å². The van der Waals surface area contributed by atoms with Crippen LogP contribution in [0, 0.1) is 0 Å². The van der Waals surface area contributed by atoms with Gasteiger partial charge < -0.3 is 10.4 Å². The van der Waals surface area contributed by atoms with E-state index in [1.54, 1.807) is 0 Å². The third-order valence-electron chi connectivity index (χ3n) is 1.80. The molecule has 2 N–H and O–H groups in total. The van der Waals surface area contributed by atoms with Crippen LogP contribution in [-0.4, -0.2) is 22.9 Å². The SMILES string of the molecule is O=C(CCCl)Nc1ccc(Cl)c(C(=O)O)c1. The number of rotatable bonds is 4. The number of halogens is 2. The molecule has 0 saturated heterocycles. The summed E-state index contributed by atoms with van der Waals surface area (Å²) in [5, 5.41) is 11.5. The fraction of sp³-hybridized carbons (Fsp3) is 0.200. The second-order valence-corrected chi connectivity index (χ2v) is 3.77. The molecule has 0 aliphatic heterocycles. The first kappa shape index (κ1) is 12.8. The van der Waals surface area contributed by atoms with Crippen LogP contribution in [0.3, 0.4) is 0 Å². The van der Waals surface area contributed by atoms with Gasteiger partial charge in [0.15, 0.2) is 0 Å². The van der Waals surface area contributed by atoms with Crippen LogP contribution >= 0.6 is 23.2 Å². The lowest BCUT2D eigenvalue weighted by molar-refractivity contribution is -0.115. The number of carboxylic acid groups (broad SMARTS) is 1. The third-order valence-corrected chi connectivity index (χ3v) is 2.32. The molecule has 0 fully saturated rings. The zero-order valence-corrected chi connectivity index (χ0v) is 9.68. The number of carbonyl (C=O) groups excluding carboxylic acids is 1. The maximum Gasteiger partial charge on any atom is 0.337 e. The van der Waals surface area contributed by atoms with E-state index in [2.05, 4.69) is 5.32 Å². The van der Waals surface area contributed by atoms with Gasteiger partial charge in [0.25, 0.3) is 0 Å². The van der Waals surface area contributed by atoms with E-state index in [-0.39, 0.29) is 28.8 Å². The van der Waals surface area contributed by atoms with E-state index in [0.29, 0.717) is 5.69 Å². The molecule has 0 atom stereocenters. The van der Waals surface area contributed by atoms with Crippen molar-refractivity contribution in [2.75, 3.05) is 11.2 Å². The van der Waals surface area contributed by atoms with Gasteiger partial charge in [-0.1, -0.05) is 11.6 Å². The molecule has 1 rings (SSSR count). The summed E-state index contributed by atoms with van der Waals surface area (Å²) in [4.78, 5) is 22.0. The Hall–Kier alpha value is -1.26. The number of aromatic carboxylic acids is 1. The van der Waals surface area contributed by atoms with Gasteiger partial charge in [0, 0.05) is 18.0 Å². The van der Waals surface area contributed by atoms with Crippen LogP contribution < -0.4 is 5.32 Å². The van der Waals surface area contributed by atoms with Gasteiger partial charge in [0.1, 0.15) is 0 Å². The minimum atomic E-state index is -1.14. The number of carbonyl (C=O) groups is 2. The molecule has 16 heavy (non-hydrogen) atoms. The predicted octanol–water partition coefficient (Wildman–Crippen LogP) is 2.61. The summed E-state index contributed by atoms with van der Waals surface area (Å²) in [5.74, 6) is -1.20. The quantitative estimate of drug-likeness (QED) is 0.819. The van der Waals surface area contributed by atoms with Crippen molar-refractivity contribution in [1.82, 2.24) is 0 Å². The Bertz CT molecular complexity index is 421. The molecule has 0 bridgehead atoms. The van der Waals surface area contributed by atoms with E-state index in [9.17, 15) is 9.59 Å². The molecule has 86 valence electrons. The highest BCUT2D eigenvalue weighted by Crippen LogP contribution is 2.20. The van der Waals surface area contributed by atoms with Gasteiger partial charge >= 0.3 is 5.97 Å². The average Bonchev–Trinajstić information content (AvgIpc) is 2.21. The van der Waals surface area contributed by atoms with Crippen molar-refractivity contribution in [3.8, 4) is 0 Å². The molecule has 0 aromatic heterocycles. The fourth-order valence-electron chi connectivity index (χ4n) is 1.08. The summed E-state index contributed by atoms with van der Waals surface area (Å²) in [7, 11) is 0. The molecular formula is C10H9Cl2NO3. The summed E-state index contributed by atoms with van der Waals surface area (Å²) in [6.45, 7) is 0. The highest BCUT2D eigenvalue weighted by molar-refractivity contribution is 6.33. The van der Waals surface area contributed by atoms with Crippen LogP contribution in [0.2, 0.25) is 5.02 Å². The molecule has 0 spiro atoms. The molecule has 0 radical (unpaired) electrons. The van der Waals surface area contributed by atoms with Crippen LogP contribution in [0.15, 0.2) is 18.2 Å². The fourth-order valence-corrected chi connectivity index (χ4v) is 1.45. The lowest BCUT2D eigenvalue weighted by atomic mass is 10.2.